The van der Waals surface area contributed by atoms with E-state index in [0.29, 0.717) is 134 Å². The van der Waals surface area contributed by atoms with E-state index in [-0.39, 0.29) is 49.8 Å². The van der Waals surface area contributed by atoms with Crippen LogP contribution < -0.4 is 26.6 Å². The topological polar surface area (TPSA) is 296 Å². The third kappa shape index (κ3) is 14.7. The van der Waals surface area contributed by atoms with Gasteiger partial charge in [-0.25, -0.2) is 9.36 Å². The lowest BCUT2D eigenvalue weighted by molar-refractivity contribution is -0.139. The van der Waals surface area contributed by atoms with Crippen LogP contribution in [0.25, 0.3) is 0 Å². The van der Waals surface area contributed by atoms with Gasteiger partial charge in [-0.1, -0.05) is 50.5 Å². The summed E-state index contributed by atoms with van der Waals surface area (Å²) in [6.07, 6.45) is 9.70. The largest absolute Gasteiger partial charge is 0.481 e. The monoisotopic (exact) mass is 925 g/mol. The van der Waals surface area contributed by atoms with Gasteiger partial charge in [0, 0.05) is 65.3 Å². The third-order valence-corrected chi connectivity index (χ3v) is 11.5. The standard InChI is InChI=1S/C42H68N16O8/c1-6-19-64-21-23-66-24-22-65-20-10-45-40-46-41(55-15-11-53(12-16-55)38(62)35(8-9-36(60)61)57-26-33(49-51-57)31(43)25-29(3)4)48-42(47-40)56-17-13-54(14-18-56)39(63)37(30(5)7-2)58-27-34(50-52-58)32(44)28-59/h1,26-27,29-32,35,37,59H,7-25,28,43-44H2,2-5H3,(H,60,61)(H,45,46,47,48)/t30-,31?,32?,35-,37?/m0/s1. The molecule has 0 aromatic carbocycles. The number of nitrogens with two attached hydrogens (primary N) is 2. The second-order valence-corrected chi connectivity index (χ2v) is 16.8. The molecular weight excluding hydrogens is 857 g/mol. The summed E-state index contributed by atoms with van der Waals surface area (Å²) < 4.78 is 19.5. The Hall–Kier alpha value is -5.58. The van der Waals surface area contributed by atoms with E-state index < -0.39 is 24.1 Å². The molecule has 5 atom stereocenters. The molecule has 3 aromatic heterocycles. The van der Waals surface area contributed by atoms with Crippen molar-refractivity contribution in [2.45, 2.75) is 77.5 Å². The second-order valence-electron chi connectivity index (χ2n) is 16.8. The van der Waals surface area contributed by atoms with Crippen molar-refractivity contribution in [3.63, 3.8) is 0 Å². The highest BCUT2D eigenvalue weighted by Crippen LogP contribution is 2.27. The maximum atomic E-state index is 14.1. The number of terminal acetylenes is 1. The van der Waals surface area contributed by atoms with Crippen LogP contribution in [0.15, 0.2) is 12.4 Å². The highest BCUT2D eigenvalue weighted by atomic mass is 16.5. The Bertz CT molecular complexity index is 2010. The number of carboxylic acid groups (broad SMARTS) is 1. The number of ether oxygens (including phenoxy) is 3. The molecule has 2 aliphatic rings. The van der Waals surface area contributed by atoms with Crippen LogP contribution in [0.2, 0.25) is 0 Å². The Morgan fingerprint density at radius 2 is 1.33 bits per heavy atom. The van der Waals surface area contributed by atoms with Gasteiger partial charge in [-0.2, -0.15) is 15.0 Å². The van der Waals surface area contributed by atoms with Crippen molar-refractivity contribution >= 4 is 35.6 Å². The highest BCUT2D eigenvalue weighted by molar-refractivity contribution is 5.82. The lowest BCUT2D eigenvalue weighted by atomic mass is 9.97. The van der Waals surface area contributed by atoms with E-state index in [9.17, 15) is 24.6 Å². The number of amides is 2. The zero-order valence-electron chi connectivity index (χ0n) is 38.7. The first-order valence-corrected chi connectivity index (χ1v) is 22.7. The number of carbonyl (C=O) groups excluding carboxylic acids is 2. The summed E-state index contributed by atoms with van der Waals surface area (Å²) >= 11 is 0. The fraction of sp³-hybridized carbons (Fsp3) is 0.714. The average molecular weight is 925 g/mol. The predicted molar refractivity (Wildman–Crippen MR) is 242 cm³/mol. The predicted octanol–water partition coefficient (Wildman–Crippen LogP) is -0.122. The van der Waals surface area contributed by atoms with Gasteiger partial charge in [-0.05, 0) is 24.7 Å². The van der Waals surface area contributed by atoms with Gasteiger partial charge in [0.2, 0.25) is 29.7 Å². The maximum Gasteiger partial charge on any atom is 0.303 e. The average Bonchev–Trinajstić information content (AvgIpc) is 4.02. The minimum Gasteiger partial charge on any atom is -0.481 e. The number of rotatable bonds is 27. The molecule has 2 saturated heterocycles. The number of aliphatic hydroxyl groups is 1. The molecule has 3 unspecified atom stereocenters. The number of anilines is 3. The molecule has 5 rings (SSSR count). The Balaban J connectivity index is 1.26. The van der Waals surface area contributed by atoms with Crippen molar-refractivity contribution in [1.29, 1.82) is 0 Å². The summed E-state index contributed by atoms with van der Waals surface area (Å²) in [6, 6.07) is -2.54. The summed E-state index contributed by atoms with van der Waals surface area (Å²) in [4.78, 5) is 61.8. The summed E-state index contributed by atoms with van der Waals surface area (Å²) in [6.45, 7) is 13.5. The number of nitrogens with one attached hydrogen (secondary N) is 1. The number of aromatic nitrogens is 9. The molecule has 2 fully saturated rings. The van der Waals surface area contributed by atoms with E-state index in [1.165, 1.54) is 4.68 Å². The van der Waals surface area contributed by atoms with E-state index in [2.05, 4.69) is 45.7 Å². The smallest absolute Gasteiger partial charge is 0.303 e. The van der Waals surface area contributed by atoms with Crippen molar-refractivity contribution < 1.29 is 38.8 Å². The first-order chi connectivity index (χ1) is 31.8. The number of hydrogen-bond donors (Lipinski definition) is 5. The molecule has 7 N–H and O–H groups in total. The molecule has 364 valence electrons. The quantitative estimate of drug-likeness (QED) is 0.0492. The van der Waals surface area contributed by atoms with Gasteiger partial charge < -0.3 is 60.8 Å². The summed E-state index contributed by atoms with van der Waals surface area (Å²) in [5, 5.41) is 39.1. The Morgan fingerprint density at radius 3 is 1.89 bits per heavy atom. The number of nitrogens with zero attached hydrogens (tertiary/aromatic N) is 13. The number of aliphatic hydroxyl groups excluding tert-OH is 1. The van der Waals surface area contributed by atoms with Crippen LogP contribution in [0.1, 0.15) is 88.9 Å². The van der Waals surface area contributed by atoms with Gasteiger partial charge in [-0.3, -0.25) is 14.4 Å². The van der Waals surface area contributed by atoms with Crippen LogP contribution in [-0.4, -0.2) is 188 Å². The van der Waals surface area contributed by atoms with E-state index in [1.54, 1.807) is 22.0 Å². The molecule has 0 saturated carbocycles. The number of piperazine rings is 2. The van der Waals surface area contributed by atoms with Gasteiger partial charge in [0.1, 0.15) is 24.4 Å². The Labute approximate surface area is 385 Å². The molecular formula is C42H68N16O8. The highest BCUT2D eigenvalue weighted by Gasteiger charge is 2.35. The minimum atomic E-state index is -1.02. The molecule has 2 amide bonds. The zero-order valence-corrected chi connectivity index (χ0v) is 38.7. The van der Waals surface area contributed by atoms with E-state index >= 15 is 0 Å². The minimum absolute atomic E-state index is 0.0408. The van der Waals surface area contributed by atoms with Crippen LogP contribution in [0.3, 0.4) is 0 Å². The van der Waals surface area contributed by atoms with Crippen LogP contribution in [0.5, 0.6) is 0 Å². The number of aliphatic carboxylic acids is 1. The molecule has 0 bridgehead atoms. The number of carbonyl (C=O) groups is 3. The van der Waals surface area contributed by atoms with Crippen molar-refractivity contribution in [3.8, 4) is 12.3 Å². The first-order valence-electron chi connectivity index (χ1n) is 22.7. The fourth-order valence-corrected chi connectivity index (χ4v) is 7.57. The van der Waals surface area contributed by atoms with Crippen molar-refractivity contribution in [3.05, 3.63) is 23.8 Å². The second kappa shape index (κ2) is 25.9. The van der Waals surface area contributed by atoms with Gasteiger partial charge >= 0.3 is 5.97 Å². The van der Waals surface area contributed by atoms with Crippen LogP contribution >= 0.6 is 0 Å². The van der Waals surface area contributed by atoms with E-state index in [1.807, 2.05) is 28.5 Å². The summed E-state index contributed by atoms with van der Waals surface area (Å²) in [5.74, 6) is 2.51. The maximum absolute atomic E-state index is 14.1. The van der Waals surface area contributed by atoms with Crippen LogP contribution in [0.4, 0.5) is 17.8 Å². The van der Waals surface area contributed by atoms with Crippen LogP contribution in [-0.2, 0) is 28.6 Å². The van der Waals surface area contributed by atoms with Gasteiger partial charge in [0.25, 0.3) is 0 Å². The van der Waals surface area contributed by atoms with Gasteiger partial charge in [0.05, 0.1) is 69.8 Å². The van der Waals surface area contributed by atoms with Crippen molar-refractivity contribution in [2.24, 2.45) is 23.3 Å². The summed E-state index contributed by atoms with van der Waals surface area (Å²) in [7, 11) is 0. The van der Waals surface area contributed by atoms with E-state index in [0.717, 1.165) is 6.42 Å². The summed E-state index contributed by atoms with van der Waals surface area (Å²) in [5.41, 5.74) is 13.3. The third-order valence-electron chi connectivity index (χ3n) is 11.5. The van der Waals surface area contributed by atoms with Crippen molar-refractivity contribution in [2.75, 3.05) is 120 Å². The lowest BCUT2D eigenvalue weighted by Crippen LogP contribution is -2.52. The molecule has 5 heterocycles. The van der Waals surface area contributed by atoms with E-state index in [4.69, 9.17) is 47.1 Å². The molecule has 24 nitrogen and oxygen atoms in total. The molecule has 3 aromatic rings. The molecule has 0 aliphatic carbocycles. The zero-order chi connectivity index (χ0) is 47.6. The fourth-order valence-electron chi connectivity index (χ4n) is 7.57. The van der Waals surface area contributed by atoms with Gasteiger partial charge in [0.15, 0.2) is 0 Å². The number of carboxylic acids is 1. The SMILES string of the molecule is C#CCOCCOCCOCCNc1nc(N2CCN(C(=O)C([C@@H](C)CC)n3cc(C(N)CO)nn3)CC2)nc(N2CCN(C(=O)[C@H](CCC(=O)O)n3cc(C(N)CC(C)C)nn3)CC2)n1. The normalized spacial score (nSPS) is 16.8. The lowest BCUT2D eigenvalue weighted by Gasteiger charge is -2.38. The van der Waals surface area contributed by atoms with Crippen molar-refractivity contribution in [1.82, 2.24) is 54.7 Å². The van der Waals surface area contributed by atoms with Gasteiger partial charge in [-0.15, -0.1) is 16.6 Å². The Kier molecular flexibility index (Phi) is 20.2. The van der Waals surface area contributed by atoms with Crippen LogP contribution in [0, 0.1) is 24.2 Å². The molecule has 2 aliphatic heterocycles. The number of hydrogen-bond acceptors (Lipinski definition) is 19. The molecule has 0 radical (unpaired) electrons. The Morgan fingerprint density at radius 1 is 0.788 bits per heavy atom. The molecule has 0 spiro atoms. The first kappa shape index (κ1) is 51.4. The molecule has 24 heteroatoms. The molecule has 66 heavy (non-hydrogen) atoms.